The number of rotatable bonds is 6. The van der Waals surface area contributed by atoms with E-state index in [2.05, 4.69) is 17.1 Å². The van der Waals surface area contributed by atoms with Gasteiger partial charge in [0.15, 0.2) is 0 Å². The first-order chi connectivity index (χ1) is 13.6. The summed E-state index contributed by atoms with van der Waals surface area (Å²) in [6, 6.07) is 11.1. The van der Waals surface area contributed by atoms with Gasteiger partial charge in [0, 0.05) is 30.4 Å². The number of amides is 1. The van der Waals surface area contributed by atoms with Crippen LogP contribution in [0, 0.1) is 28.6 Å². The topological polar surface area (TPSA) is 101 Å². The molecule has 1 aromatic heterocycles. The number of carbonyl (C=O) groups excluding carboxylic acids is 1. The minimum absolute atomic E-state index is 0.00185. The van der Waals surface area contributed by atoms with E-state index in [9.17, 15) is 20.4 Å². The second-order valence-corrected chi connectivity index (χ2v) is 7.08. The van der Waals surface area contributed by atoms with Crippen LogP contribution in [-0.4, -0.2) is 34.0 Å². The van der Waals surface area contributed by atoms with Gasteiger partial charge in [-0.2, -0.15) is 10.5 Å². The minimum Gasteiger partial charge on any atom is -0.386 e. The van der Waals surface area contributed by atoms with Crippen molar-refractivity contribution in [2.24, 2.45) is 5.92 Å². The van der Waals surface area contributed by atoms with Crippen molar-refractivity contribution in [3.63, 3.8) is 0 Å². The molecule has 0 fully saturated rings. The third kappa shape index (κ3) is 4.03. The Morgan fingerprint density at radius 1 is 1.29 bits per heavy atom. The SMILES string of the molecule is CCCN(C[C@@H](O)c1cccnc1)C(=O)C1Cc2cc(C#N)c(C#N)cc2C1. The van der Waals surface area contributed by atoms with Crippen molar-refractivity contribution in [1.82, 2.24) is 9.88 Å². The fraction of sp³-hybridized carbons (Fsp3) is 0.364. The molecule has 6 nitrogen and oxygen atoms in total. The summed E-state index contributed by atoms with van der Waals surface area (Å²) in [4.78, 5) is 18.9. The van der Waals surface area contributed by atoms with Crippen LogP contribution in [0.25, 0.3) is 0 Å². The molecule has 1 aromatic carbocycles. The Morgan fingerprint density at radius 2 is 1.93 bits per heavy atom. The van der Waals surface area contributed by atoms with E-state index in [0.717, 1.165) is 17.5 Å². The lowest BCUT2D eigenvalue weighted by molar-refractivity contribution is -0.136. The highest BCUT2D eigenvalue weighted by Gasteiger charge is 2.32. The van der Waals surface area contributed by atoms with Crippen LogP contribution in [0.15, 0.2) is 36.7 Å². The molecule has 1 amide bonds. The Labute approximate surface area is 164 Å². The molecule has 1 aliphatic rings. The van der Waals surface area contributed by atoms with E-state index in [-0.39, 0.29) is 18.4 Å². The average molecular weight is 374 g/mol. The van der Waals surface area contributed by atoms with Crippen molar-refractivity contribution < 1.29 is 9.90 Å². The summed E-state index contributed by atoms with van der Waals surface area (Å²) in [6.45, 7) is 2.78. The number of nitriles is 2. The normalized spacial score (nSPS) is 14.0. The van der Waals surface area contributed by atoms with Gasteiger partial charge in [0.2, 0.25) is 5.91 Å². The summed E-state index contributed by atoms with van der Waals surface area (Å²) in [6.07, 6.45) is 4.37. The maximum absolute atomic E-state index is 13.1. The van der Waals surface area contributed by atoms with Gasteiger partial charge >= 0.3 is 0 Å². The highest BCUT2D eigenvalue weighted by Crippen LogP contribution is 2.31. The summed E-state index contributed by atoms with van der Waals surface area (Å²) in [5.41, 5.74) is 3.30. The van der Waals surface area contributed by atoms with Crippen molar-refractivity contribution in [3.05, 3.63) is 64.5 Å². The van der Waals surface area contributed by atoms with Gasteiger partial charge in [-0.1, -0.05) is 13.0 Å². The standard InChI is InChI=1S/C22H22N4O2/c1-2-6-26(14-21(27)15-4-3-5-25-13-15)22(28)18-7-16-9-19(11-23)20(12-24)10-17(16)8-18/h3-5,9-10,13,18,21,27H,2,6-8,14H2,1H3/t21-/m1/s1. The number of aliphatic hydroxyl groups is 1. The van der Waals surface area contributed by atoms with Gasteiger partial charge in [-0.05, 0) is 48.6 Å². The molecule has 0 unspecified atom stereocenters. The van der Waals surface area contributed by atoms with Gasteiger partial charge in [0.1, 0.15) is 12.1 Å². The summed E-state index contributed by atoms with van der Waals surface area (Å²) >= 11 is 0. The number of aromatic nitrogens is 1. The van der Waals surface area contributed by atoms with Crippen LogP contribution in [0.4, 0.5) is 0 Å². The third-order valence-electron chi connectivity index (χ3n) is 5.13. The molecular formula is C22H22N4O2. The molecule has 0 saturated heterocycles. The molecule has 1 heterocycles. The minimum atomic E-state index is -0.789. The van der Waals surface area contributed by atoms with Gasteiger partial charge in [0.25, 0.3) is 0 Å². The van der Waals surface area contributed by atoms with Crippen molar-refractivity contribution in [3.8, 4) is 12.1 Å². The first kappa shape index (κ1) is 19.5. The molecule has 1 aliphatic carbocycles. The first-order valence-corrected chi connectivity index (χ1v) is 9.40. The summed E-state index contributed by atoms with van der Waals surface area (Å²) in [5, 5.41) is 28.9. The van der Waals surface area contributed by atoms with E-state index in [1.807, 2.05) is 6.92 Å². The van der Waals surface area contributed by atoms with Gasteiger partial charge in [0.05, 0.1) is 23.8 Å². The Kier molecular flexibility index (Phi) is 6.03. The van der Waals surface area contributed by atoms with Crippen LogP contribution in [0.3, 0.4) is 0 Å². The molecule has 0 saturated carbocycles. The average Bonchev–Trinajstić information content (AvgIpc) is 3.15. The molecule has 0 aliphatic heterocycles. The molecule has 1 N–H and O–H groups in total. The Morgan fingerprint density at radius 3 is 2.43 bits per heavy atom. The summed E-state index contributed by atoms with van der Waals surface area (Å²) < 4.78 is 0. The van der Waals surface area contributed by atoms with E-state index in [4.69, 9.17) is 0 Å². The fourth-order valence-corrected chi connectivity index (χ4v) is 3.74. The van der Waals surface area contributed by atoms with Crippen LogP contribution in [-0.2, 0) is 17.6 Å². The zero-order valence-electron chi connectivity index (χ0n) is 15.8. The molecule has 2 aromatic rings. The maximum atomic E-state index is 13.1. The maximum Gasteiger partial charge on any atom is 0.226 e. The van der Waals surface area contributed by atoms with E-state index < -0.39 is 6.10 Å². The largest absolute Gasteiger partial charge is 0.386 e. The molecule has 0 radical (unpaired) electrons. The van der Waals surface area contributed by atoms with E-state index in [1.165, 1.54) is 0 Å². The predicted molar refractivity (Wildman–Crippen MR) is 103 cm³/mol. The van der Waals surface area contributed by atoms with Gasteiger partial charge in [-0.25, -0.2) is 0 Å². The van der Waals surface area contributed by atoms with E-state index in [0.29, 0.717) is 36.1 Å². The van der Waals surface area contributed by atoms with Crippen LogP contribution in [0.2, 0.25) is 0 Å². The zero-order valence-corrected chi connectivity index (χ0v) is 15.8. The van der Waals surface area contributed by atoms with Crippen molar-refractivity contribution in [2.75, 3.05) is 13.1 Å². The fourth-order valence-electron chi connectivity index (χ4n) is 3.74. The zero-order chi connectivity index (χ0) is 20.1. The summed E-state index contributed by atoms with van der Waals surface area (Å²) in [7, 11) is 0. The number of hydrogen-bond acceptors (Lipinski definition) is 5. The predicted octanol–water partition coefficient (Wildman–Crippen LogP) is 2.51. The number of fused-ring (bicyclic) bond motifs is 1. The van der Waals surface area contributed by atoms with Crippen LogP contribution in [0.5, 0.6) is 0 Å². The molecule has 0 bridgehead atoms. The lowest BCUT2D eigenvalue weighted by Crippen LogP contribution is -2.39. The smallest absolute Gasteiger partial charge is 0.226 e. The number of nitrogens with zero attached hydrogens (tertiary/aromatic N) is 4. The van der Waals surface area contributed by atoms with Gasteiger partial charge in [-0.15, -0.1) is 0 Å². The quantitative estimate of drug-likeness (QED) is 0.837. The molecule has 1 atom stereocenters. The Balaban J connectivity index is 1.75. The summed E-state index contributed by atoms with van der Waals surface area (Å²) in [5.74, 6) is -0.235. The highest BCUT2D eigenvalue weighted by atomic mass is 16.3. The molecule has 3 rings (SSSR count). The van der Waals surface area contributed by atoms with Gasteiger partial charge < -0.3 is 10.0 Å². The molecule has 28 heavy (non-hydrogen) atoms. The molecule has 0 spiro atoms. The second-order valence-electron chi connectivity index (χ2n) is 7.08. The van der Waals surface area contributed by atoms with Crippen molar-refractivity contribution >= 4 is 5.91 Å². The number of pyridine rings is 1. The lowest BCUT2D eigenvalue weighted by atomic mass is 10.0. The number of hydrogen-bond donors (Lipinski definition) is 1. The molecular weight excluding hydrogens is 352 g/mol. The number of aliphatic hydroxyl groups excluding tert-OH is 1. The second kappa shape index (κ2) is 8.65. The molecule has 142 valence electrons. The van der Waals surface area contributed by atoms with E-state index in [1.54, 1.807) is 41.6 Å². The number of benzene rings is 1. The monoisotopic (exact) mass is 374 g/mol. The third-order valence-corrected chi connectivity index (χ3v) is 5.13. The molecule has 6 heteroatoms. The first-order valence-electron chi connectivity index (χ1n) is 9.40. The van der Waals surface area contributed by atoms with Crippen LogP contribution in [0.1, 0.15) is 47.3 Å². The van der Waals surface area contributed by atoms with E-state index >= 15 is 0 Å². The number of carbonyl (C=O) groups is 1. The van der Waals surface area contributed by atoms with Crippen LogP contribution >= 0.6 is 0 Å². The van der Waals surface area contributed by atoms with Gasteiger partial charge in [-0.3, -0.25) is 9.78 Å². The van der Waals surface area contributed by atoms with Crippen LogP contribution < -0.4 is 0 Å². The Bertz CT molecular complexity index is 900. The lowest BCUT2D eigenvalue weighted by Gasteiger charge is -2.27. The highest BCUT2D eigenvalue weighted by molar-refractivity contribution is 5.80. The van der Waals surface area contributed by atoms with Crippen molar-refractivity contribution in [1.29, 1.82) is 10.5 Å². The van der Waals surface area contributed by atoms with Crippen molar-refractivity contribution in [2.45, 2.75) is 32.3 Å². The Hall–Kier alpha value is -3.22.